The van der Waals surface area contributed by atoms with Gasteiger partial charge in [-0.1, -0.05) is 41.9 Å². The van der Waals surface area contributed by atoms with Crippen molar-refractivity contribution in [1.29, 1.82) is 0 Å². The predicted octanol–water partition coefficient (Wildman–Crippen LogP) is 4.08. The molecule has 0 unspecified atom stereocenters. The molecular weight excluding hydrogens is 412 g/mol. The van der Waals surface area contributed by atoms with Gasteiger partial charge in [-0.25, -0.2) is 8.42 Å². The van der Waals surface area contributed by atoms with Crippen LogP contribution in [0.5, 0.6) is 5.75 Å². The molecule has 2 N–H and O–H groups in total. The van der Waals surface area contributed by atoms with Gasteiger partial charge in [0.1, 0.15) is 5.75 Å². The first-order chi connectivity index (χ1) is 13.9. The smallest absolute Gasteiger partial charge is 0.261 e. The van der Waals surface area contributed by atoms with E-state index >= 15 is 0 Å². The molecule has 3 rings (SSSR count). The second-order valence-corrected chi connectivity index (χ2v) is 8.26. The Morgan fingerprint density at radius 2 is 1.69 bits per heavy atom. The Labute approximate surface area is 174 Å². The second-order valence-electron chi connectivity index (χ2n) is 6.14. The number of rotatable bonds is 7. The van der Waals surface area contributed by atoms with Crippen molar-refractivity contribution in [3.05, 3.63) is 88.9 Å². The molecule has 0 aliphatic heterocycles. The zero-order valence-electron chi connectivity index (χ0n) is 15.6. The molecule has 150 valence electrons. The molecule has 0 spiro atoms. The number of anilines is 1. The van der Waals surface area contributed by atoms with Gasteiger partial charge in [-0.15, -0.1) is 0 Å². The Morgan fingerprint density at radius 3 is 2.34 bits per heavy atom. The monoisotopic (exact) mass is 430 g/mol. The normalized spacial score (nSPS) is 11.0. The summed E-state index contributed by atoms with van der Waals surface area (Å²) in [6.07, 6.45) is 0. The van der Waals surface area contributed by atoms with Crippen molar-refractivity contribution in [2.24, 2.45) is 0 Å². The lowest BCUT2D eigenvalue weighted by Crippen LogP contribution is -2.25. The zero-order valence-corrected chi connectivity index (χ0v) is 17.1. The minimum atomic E-state index is -3.90. The highest BCUT2D eigenvalue weighted by Gasteiger charge is 2.19. The SMILES string of the molecule is COc1ccc(S(=O)(=O)Nc2ccc(Cl)cc2C(=O)NCc2ccccc2)cc1. The van der Waals surface area contributed by atoms with Crippen molar-refractivity contribution in [1.82, 2.24) is 5.32 Å². The molecule has 0 heterocycles. The molecule has 0 radical (unpaired) electrons. The van der Waals surface area contributed by atoms with Gasteiger partial charge < -0.3 is 10.1 Å². The lowest BCUT2D eigenvalue weighted by molar-refractivity contribution is 0.0952. The van der Waals surface area contributed by atoms with E-state index in [9.17, 15) is 13.2 Å². The largest absolute Gasteiger partial charge is 0.497 e. The summed E-state index contributed by atoms with van der Waals surface area (Å²) in [6.45, 7) is 0.302. The number of ether oxygens (including phenoxy) is 1. The maximum Gasteiger partial charge on any atom is 0.261 e. The Hall–Kier alpha value is -3.03. The van der Waals surface area contributed by atoms with Gasteiger partial charge in [-0.05, 0) is 48.0 Å². The first kappa shape index (κ1) is 20.7. The van der Waals surface area contributed by atoms with Gasteiger partial charge in [0.05, 0.1) is 23.3 Å². The van der Waals surface area contributed by atoms with Crippen LogP contribution in [0.2, 0.25) is 5.02 Å². The highest BCUT2D eigenvalue weighted by atomic mass is 35.5. The molecule has 0 fully saturated rings. The summed E-state index contributed by atoms with van der Waals surface area (Å²) in [7, 11) is -2.41. The molecule has 8 heteroatoms. The van der Waals surface area contributed by atoms with Gasteiger partial charge in [-0.2, -0.15) is 0 Å². The Balaban J connectivity index is 1.83. The number of amides is 1. The summed E-state index contributed by atoms with van der Waals surface area (Å²) in [6, 6.07) is 19.7. The fourth-order valence-corrected chi connectivity index (χ4v) is 3.88. The molecular formula is C21H19ClN2O4S. The summed E-state index contributed by atoms with van der Waals surface area (Å²) in [5, 5.41) is 3.10. The Kier molecular flexibility index (Phi) is 6.41. The van der Waals surface area contributed by atoms with Crippen LogP contribution < -0.4 is 14.8 Å². The molecule has 0 aromatic heterocycles. The number of halogens is 1. The van der Waals surface area contributed by atoms with Crippen molar-refractivity contribution in [3.63, 3.8) is 0 Å². The highest BCUT2D eigenvalue weighted by molar-refractivity contribution is 7.92. The van der Waals surface area contributed by atoms with Crippen molar-refractivity contribution in [2.75, 3.05) is 11.8 Å². The first-order valence-electron chi connectivity index (χ1n) is 8.67. The molecule has 0 saturated carbocycles. The van der Waals surface area contributed by atoms with Crippen LogP contribution in [0.3, 0.4) is 0 Å². The first-order valence-corrected chi connectivity index (χ1v) is 10.5. The molecule has 0 atom stereocenters. The summed E-state index contributed by atoms with van der Waals surface area (Å²) in [4.78, 5) is 12.7. The molecule has 0 aliphatic rings. The summed E-state index contributed by atoms with van der Waals surface area (Å²) >= 11 is 6.03. The third-order valence-corrected chi connectivity index (χ3v) is 5.75. The fourth-order valence-electron chi connectivity index (χ4n) is 2.63. The van der Waals surface area contributed by atoms with E-state index < -0.39 is 15.9 Å². The van der Waals surface area contributed by atoms with Gasteiger partial charge >= 0.3 is 0 Å². The molecule has 6 nitrogen and oxygen atoms in total. The van der Waals surface area contributed by atoms with E-state index in [1.807, 2.05) is 30.3 Å². The lowest BCUT2D eigenvalue weighted by Gasteiger charge is -2.14. The number of methoxy groups -OCH3 is 1. The molecule has 0 saturated heterocycles. The van der Waals surface area contributed by atoms with Gasteiger partial charge in [0.2, 0.25) is 0 Å². The molecule has 29 heavy (non-hydrogen) atoms. The minimum absolute atomic E-state index is 0.0453. The predicted molar refractivity (Wildman–Crippen MR) is 113 cm³/mol. The van der Waals surface area contributed by atoms with Crippen LogP contribution in [-0.4, -0.2) is 21.4 Å². The van der Waals surface area contributed by atoms with E-state index in [0.717, 1.165) is 5.56 Å². The van der Waals surface area contributed by atoms with E-state index in [2.05, 4.69) is 10.0 Å². The van der Waals surface area contributed by atoms with Crippen LogP contribution in [-0.2, 0) is 16.6 Å². The van der Waals surface area contributed by atoms with Crippen LogP contribution in [0.1, 0.15) is 15.9 Å². The highest BCUT2D eigenvalue weighted by Crippen LogP contribution is 2.25. The number of hydrogen-bond donors (Lipinski definition) is 2. The minimum Gasteiger partial charge on any atom is -0.497 e. The van der Waals surface area contributed by atoms with Crippen LogP contribution >= 0.6 is 11.6 Å². The number of benzene rings is 3. The van der Waals surface area contributed by atoms with Gasteiger partial charge in [-0.3, -0.25) is 9.52 Å². The molecule has 0 bridgehead atoms. The Bertz CT molecular complexity index is 1100. The number of carbonyl (C=O) groups is 1. The van der Waals surface area contributed by atoms with Gasteiger partial charge in [0.15, 0.2) is 0 Å². The molecule has 1 amide bonds. The van der Waals surface area contributed by atoms with Gasteiger partial charge in [0.25, 0.3) is 15.9 Å². The van der Waals surface area contributed by atoms with Crippen LogP contribution in [0, 0.1) is 0 Å². The van der Waals surface area contributed by atoms with E-state index in [1.54, 1.807) is 12.1 Å². The number of carbonyl (C=O) groups excluding carboxylic acids is 1. The van der Waals surface area contributed by atoms with Gasteiger partial charge in [0, 0.05) is 11.6 Å². The van der Waals surface area contributed by atoms with E-state index in [1.165, 1.54) is 37.4 Å². The maximum absolute atomic E-state index is 12.7. The van der Waals surface area contributed by atoms with Crippen molar-refractivity contribution in [2.45, 2.75) is 11.4 Å². The average Bonchev–Trinajstić information content (AvgIpc) is 2.74. The van der Waals surface area contributed by atoms with Crippen LogP contribution in [0.25, 0.3) is 0 Å². The van der Waals surface area contributed by atoms with Crippen LogP contribution in [0.15, 0.2) is 77.7 Å². The molecule has 3 aromatic carbocycles. The average molecular weight is 431 g/mol. The summed E-state index contributed by atoms with van der Waals surface area (Å²) in [5.41, 5.74) is 1.18. The number of nitrogens with one attached hydrogen (secondary N) is 2. The van der Waals surface area contributed by atoms with E-state index in [-0.39, 0.29) is 16.1 Å². The third-order valence-electron chi connectivity index (χ3n) is 4.14. The second kappa shape index (κ2) is 8.98. The van der Waals surface area contributed by atoms with E-state index in [4.69, 9.17) is 16.3 Å². The number of hydrogen-bond acceptors (Lipinski definition) is 4. The Morgan fingerprint density at radius 1 is 1.00 bits per heavy atom. The standard InChI is InChI=1S/C21H19ClN2O4S/c1-28-17-8-10-18(11-9-17)29(26,27)24-20-12-7-16(22)13-19(20)21(25)23-14-15-5-3-2-4-6-15/h2-13,24H,14H2,1H3,(H,23,25). The molecule has 0 aliphatic carbocycles. The molecule has 3 aromatic rings. The van der Waals surface area contributed by atoms with Crippen molar-refractivity contribution < 1.29 is 17.9 Å². The topological polar surface area (TPSA) is 84.5 Å². The van der Waals surface area contributed by atoms with Crippen molar-refractivity contribution in [3.8, 4) is 5.75 Å². The lowest BCUT2D eigenvalue weighted by atomic mass is 10.1. The summed E-state index contributed by atoms with van der Waals surface area (Å²) < 4.78 is 33.0. The fraction of sp³-hybridized carbons (Fsp3) is 0.0952. The summed E-state index contributed by atoms with van der Waals surface area (Å²) in [5.74, 6) is 0.0974. The quantitative estimate of drug-likeness (QED) is 0.591. The third kappa shape index (κ3) is 5.28. The van der Waals surface area contributed by atoms with Crippen molar-refractivity contribution >= 4 is 33.2 Å². The number of sulfonamides is 1. The van der Waals surface area contributed by atoms with E-state index in [0.29, 0.717) is 17.3 Å². The van der Waals surface area contributed by atoms with Crippen LogP contribution in [0.4, 0.5) is 5.69 Å². The maximum atomic E-state index is 12.7. The zero-order chi connectivity index (χ0) is 20.9.